The van der Waals surface area contributed by atoms with Crippen molar-refractivity contribution in [2.45, 2.75) is 46.1 Å². The predicted molar refractivity (Wildman–Crippen MR) is 76.3 cm³/mol. The van der Waals surface area contributed by atoms with Crippen molar-refractivity contribution in [1.82, 2.24) is 10.3 Å². The molecule has 1 saturated carbocycles. The van der Waals surface area contributed by atoms with Gasteiger partial charge in [0, 0.05) is 12.2 Å². The van der Waals surface area contributed by atoms with Gasteiger partial charge in [-0.2, -0.15) is 0 Å². The van der Waals surface area contributed by atoms with E-state index in [-0.39, 0.29) is 11.9 Å². The molecular weight excluding hydrogens is 239 g/mol. The summed E-state index contributed by atoms with van der Waals surface area (Å²) in [6, 6.07) is 1.86. The Morgan fingerprint density at radius 1 is 1.26 bits per heavy atom. The maximum absolute atomic E-state index is 13.4. The first-order valence-electron chi connectivity index (χ1n) is 7.44. The Morgan fingerprint density at radius 2 is 1.95 bits per heavy atom. The lowest BCUT2D eigenvalue weighted by Gasteiger charge is -2.37. The van der Waals surface area contributed by atoms with E-state index in [1.807, 2.05) is 0 Å². The first-order valence-corrected chi connectivity index (χ1v) is 7.44. The highest BCUT2D eigenvalue weighted by atomic mass is 19.1. The zero-order valence-corrected chi connectivity index (χ0v) is 12.2. The number of hydrogen-bond acceptors (Lipinski definition) is 2. The fraction of sp³-hybridized carbons (Fsp3) is 0.688. The third-order valence-corrected chi connectivity index (χ3v) is 4.20. The standard InChI is InChI=1S/C16H25FN2/c1-4-19-16(14-8-15(17)10-18-9-14)13-6-11(2)5-12(3)7-13/h8-13,16,19H,4-7H2,1-3H3. The summed E-state index contributed by atoms with van der Waals surface area (Å²) in [4.78, 5) is 4.01. The average Bonchev–Trinajstić information content (AvgIpc) is 2.34. The van der Waals surface area contributed by atoms with Crippen LogP contribution in [0.5, 0.6) is 0 Å². The zero-order valence-electron chi connectivity index (χ0n) is 12.2. The van der Waals surface area contributed by atoms with Crippen LogP contribution in [0.1, 0.15) is 51.6 Å². The van der Waals surface area contributed by atoms with Crippen LogP contribution < -0.4 is 5.32 Å². The SMILES string of the molecule is CCNC(c1cncc(F)c1)C1CC(C)CC(C)C1. The van der Waals surface area contributed by atoms with Crippen LogP contribution in [0.4, 0.5) is 4.39 Å². The van der Waals surface area contributed by atoms with Crippen LogP contribution in [0.15, 0.2) is 18.5 Å². The Balaban J connectivity index is 2.19. The highest BCUT2D eigenvalue weighted by Crippen LogP contribution is 2.39. The van der Waals surface area contributed by atoms with Gasteiger partial charge in [-0.1, -0.05) is 20.8 Å². The number of halogens is 1. The van der Waals surface area contributed by atoms with Gasteiger partial charge >= 0.3 is 0 Å². The van der Waals surface area contributed by atoms with Gasteiger partial charge in [0.1, 0.15) is 5.82 Å². The van der Waals surface area contributed by atoms with Gasteiger partial charge in [0.2, 0.25) is 0 Å². The fourth-order valence-corrected chi connectivity index (χ4v) is 3.66. The second-order valence-corrected chi connectivity index (χ2v) is 6.15. The first-order chi connectivity index (χ1) is 9.10. The molecule has 1 aromatic rings. The topological polar surface area (TPSA) is 24.9 Å². The van der Waals surface area contributed by atoms with Crippen molar-refractivity contribution >= 4 is 0 Å². The third kappa shape index (κ3) is 3.75. The molecule has 3 unspecified atom stereocenters. The van der Waals surface area contributed by atoms with E-state index < -0.39 is 0 Å². The predicted octanol–water partition coefficient (Wildman–Crippen LogP) is 3.94. The van der Waals surface area contributed by atoms with E-state index in [9.17, 15) is 4.39 Å². The Kier molecular flexibility index (Phi) is 4.92. The summed E-state index contributed by atoms with van der Waals surface area (Å²) < 4.78 is 13.4. The monoisotopic (exact) mass is 264 g/mol. The molecule has 19 heavy (non-hydrogen) atoms. The maximum atomic E-state index is 13.4. The summed E-state index contributed by atoms with van der Waals surface area (Å²) in [5, 5.41) is 3.53. The summed E-state index contributed by atoms with van der Waals surface area (Å²) in [5.74, 6) is 1.87. The van der Waals surface area contributed by atoms with Crippen LogP contribution in [-0.4, -0.2) is 11.5 Å². The highest BCUT2D eigenvalue weighted by Gasteiger charge is 2.30. The Morgan fingerprint density at radius 3 is 2.53 bits per heavy atom. The molecular formula is C16H25FN2. The Bertz CT molecular complexity index is 397. The number of hydrogen-bond donors (Lipinski definition) is 1. The first kappa shape index (κ1) is 14.4. The average molecular weight is 264 g/mol. The van der Waals surface area contributed by atoms with Crippen molar-refractivity contribution in [3.63, 3.8) is 0 Å². The summed E-state index contributed by atoms with van der Waals surface area (Å²) in [7, 11) is 0. The molecule has 1 heterocycles. The van der Waals surface area contributed by atoms with Crippen molar-refractivity contribution in [1.29, 1.82) is 0 Å². The highest BCUT2D eigenvalue weighted by molar-refractivity contribution is 5.16. The van der Waals surface area contributed by atoms with Crippen molar-refractivity contribution in [3.8, 4) is 0 Å². The molecule has 1 N–H and O–H groups in total. The van der Waals surface area contributed by atoms with Crippen LogP contribution in [-0.2, 0) is 0 Å². The molecule has 1 aromatic heterocycles. The van der Waals surface area contributed by atoms with E-state index in [0.717, 1.165) is 23.9 Å². The molecule has 106 valence electrons. The van der Waals surface area contributed by atoms with E-state index in [4.69, 9.17) is 0 Å². The van der Waals surface area contributed by atoms with Gasteiger partial charge in [0.15, 0.2) is 0 Å². The molecule has 0 bridgehead atoms. The van der Waals surface area contributed by atoms with Gasteiger partial charge in [0.25, 0.3) is 0 Å². The van der Waals surface area contributed by atoms with Crippen molar-refractivity contribution in [2.24, 2.45) is 17.8 Å². The molecule has 2 nitrogen and oxygen atoms in total. The fourth-order valence-electron chi connectivity index (χ4n) is 3.66. The Hall–Kier alpha value is -0.960. The molecule has 1 aliphatic rings. The van der Waals surface area contributed by atoms with Gasteiger partial charge in [-0.15, -0.1) is 0 Å². The summed E-state index contributed by atoms with van der Waals surface area (Å²) in [6.07, 6.45) is 6.84. The third-order valence-electron chi connectivity index (χ3n) is 4.20. The number of rotatable bonds is 4. The smallest absolute Gasteiger partial charge is 0.141 e. The van der Waals surface area contributed by atoms with Gasteiger partial charge in [-0.05, 0) is 55.2 Å². The molecule has 1 aliphatic carbocycles. The van der Waals surface area contributed by atoms with Crippen LogP contribution >= 0.6 is 0 Å². The molecule has 1 fully saturated rings. The van der Waals surface area contributed by atoms with E-state index >= 15 is 0 Å². The summed E-state index contributed by atoms with van der Waals surface area (Å²) in [5.41, 5.74) is 0.994. The molecule has 0 saturated heterocycles. The number of nitrogens with one attached hydrogen (secondary N) is 1. The lowest BCUT2D eigenvalue weighted by Crippen LogP contribution is -2.33. The summed E-state index contributed by atoms with van der Waals surface area (Å²) in [6.45, 7) is 7.67. The largest absolute Gasteiger partial charge is 0.310 e. The van der Waals surface area contributed by atoms with Crippen molar-refractivity contribution < 1.29 is 4.39 Å². The summed E-state index contributed by atoms with van der Waals surface area (Å²) >= 11 is 0. The normalized spacial score (nSPS) is 29.2. The van der Waals surface area contributed by atoms with Crippen LogP contribution in [0.2, 0.25) is 0 Å². The van der Waals surface area contributed by atoms with Gasteiger partial charge in [-0.25, -0.2) is 4.39 Å². The van der Waals surface area contributed by atoms with Gasteiger partial charge in [-0.3, -0.25) is 4.98 Å². The van der Waals surface area contributed by atoms with E-state index in [0.29, 0.717) is 5.92 Å². The molecule has 0 radical (unpaired) electrons. The van der Waals surface area contributed by atoms with Crippen LogP contribution in [0.3, 0.4) is 0 Å². The lowest BCUT2D eigenvalue weighted by atomic mass is 9.72. The number of nitrogens with zero attached hydrogens (tertiary/aromatic N) is 1. The van der Waals surface area contributed by atoms with Crippen LogP contribution in [0, 0.1) is 23.6 Å². The Labute approximate surface area is 115 Å². The minimum atomic E-state index is -0.239. The second kappa shape index (κ2) is 6.47. The molecule has 0 spiro atoms. The zero-order chi connectivity index (χ0) is 13.8. The van der Waals surface area contributed by atoms with Crippen molar-refractivity contribution in [3.05, 3.63) is 29.8 Å². The number of pyridine rings is 1. The van der Waals surface area contributed by atoms with E-state index in [2.05, 4.69) is 31.1 Å². The molecule has 0 aromatic carbocycles. The minimum Gasteiger partial charge on any atom is -0.310 e. The molecule has 2 rings (SSSR count). The molecule has 0 amide bonds. The van der Waals surface area contributed by atoms with Crippen molar-refractivity contribution in [2.75, 3.05) is 6.54 Å². The molecule has 0 aliphatic heterocycles. The van der Waals surface area contributed by atoms with E-state index in [1.54, 1.807) is 12.3 Å². The molecule has 3 atom stereocenters. The maximum Gasteiger partial charge on any atom is 0.141 e. The molecule has 3 heteroatoms. The van der Waals surface area contributed by atoms with Gasteiger partial charge in [0.05, 0.1) is 6.20 Å². The minimum absolute atomic E-state index is 0.235. The number of aromatic nitrogens is 1. The quantitative estimate of drug-likeness (QED) is 0.891. The second-order valence-electron chi connectivity index (χ2n) is 6.15. The van der Waals surface area contributed by atoms with E-state index in [1.165, 1.54) is 25.5 Å². The van der Waals surface area contributed by atoms with Crippen LogP contribution in [0.25, 0.3) is 0 Å². The lowest BCUT2D eigenvalue weighted by molar-refractivity contribution is 0.177. The van der Waals surface area contributed by atoms with Gasteiger partial charge < -0.3 is 5.32 Å².